The van der Waals surface area contributed by atoms with Gasteiger partial charge < -0.3 is 10.1 Å². The zero-order chi connectivity index (χ0) is 25.4. The third kappa shape index (κ3) is 6.55. The van der Waals surface area contributed by atoms with E-state index in [9.17, 15) is 18.8 Å². The molecule has 2 aromatic heterocycles. The van der Waals surface area contributed by atoms with Crippen molar-refractivity contribution < 1.29 is 18.7 Å². The van der Waals surface area contributed by atoms with Crippen LogP contribution in [0.2, 0.25) is 0 Å². The minimum atomic E-state index is -0.655. The lowest BCUT2D eigenvalue weighted by Crippen LogP contribution is -2.39. The molecule has 0 aliphatic carbocycles. The van der Waals surface area contributed by atoms with Gasteiger partial charge in [-0.05, 0) is 37.5 Å². The van der Waals surface area contributed by atoms with Crippen LogP contribution in [0.4, 0.5) is 4.39 Å². The fraction of sp³-hybridized carbons (Fsp3) is 0.462. The van der Waals surface area contributed by atoms with Gasteiger partial charge in [0, 0.05) is 12.1 Å². The first kappa shape index (κ1) is 26.1. The minimum absolute atomic E-state index is 0.00988. The molecule has 0 radical (unpaired) electrons. The van der Waals surface area contributed by atoms with Gasteiger partial charge in [0.2, 0.25) is 0 Å². The molecule has 0 saturated carbocycles. The molecule has 0 saturated heterocycles. The summed E-state index contributed by atoms with van der Waals surface area (Å²) in [6, 6.07) is 7.19. The van der Waals surface area contributed by atoms with Crippen molar-refractivity contribution in [3.8, 4) is 0 Å². The van der Waals surface area contributed by atoms with Gasteiger partial charge in [0.15, 0.2) is 5.69 Å². The van der Waals surface area contributed by atoms with Crippen molar-refractivity contribution >= 4 is 17.4 Å². The lowest BCUT2D eigenvalue weighted by atomic mass is 10.0. The van der Waals surface area contributed by atoms with Crippen molar-refractivity contribution in [2.45, 2.75) is 71.9 Å². The Kier molecular flexibility index (Phi) is 9.17. The Hall–Kier alpha value is -3.49. The second kappa shape index (κ2) is 12.3. The average Bonchev–Trinajstić information content (AvgIpc) is 3.26. The number of hydrogen-bond acceptors (Lipinski definition) is 5. The van der Waals surface area contributed by atoms with Gasteiger partial charge in [0.05, 0.1) is 19.3 Å². The molecule has 1 aromatic carbocycles. The van der Waals surface area contributed by atoms with Gasteiger partial charge in [-0.3, -0.25) is 14.2 Å². The summed E-state index contributed by atoms with van der Waals surface area (Å²) in [6.45, 7) is 6.02. The SMILES string of the molecule is CCCCCC(CCC)NC(=O)c1cn2nc(C(=O)OCC)cc2c(=O)n1Cc1cccc(F)c1. The first-order valence-electron chi connectivity index (χ1n) is 12.2. The molecule has 8 nitrogen and oxygen atoms in total. The van der Waals surface area contributed by atoms with Crippen molar-refractivity contribution in [1.82, 2.24) is 19.5 Å². The highest BCUT2D eigenvalue weighted by Crippen LogP contribution is 2.13. The summed E-state index contributed by atoms with van der Waals surface area (Å²) in [5, 5.41) is 7.23. The zero-order valence-electron chi connectivity index (χ0n) is 20.6. The van der Waals surface area contributed by atoms with Gasteiger partial charge in [0.1, 0.15) is 17.0 Å². The molecule has 0 aliphatic rings. The maximum absolute atomic E-state index is 13.8. The molecule has 1 atom stereocenters. The van der Waals surface area contributed by atoms with Crippen molar-refractivity contribution in [3.05, 3.63) is 69.7 Å². The quantitative estimate of drug-likeness (QED) is 0.305. The Bertz CT molecular complexity index is 1230. The summed E-state index contributed by atoms with van der Waals surface area (Å²) in [4.78, 5) is 39.0. The standard InChI is InChI=1S/C26H33FN4O4/c1-4-7-8-13-20(10-5-2)28-24(32)23-17-31-22(15-21(29-31)26(34)35-6-3)25(33)30(23)16-18-11-9-12-19(27)14-18/h9,11-12,14-15,17,20H,4-8,10,13,16H2,1-3H3,(H,28,32). The summed E-state index contributed by atoms with van der Waals surface area (Å²) in [6.07, 6.45) is 7.17. The molecule has 0 aliphatic heterocycles. The van der Waals surface area contributed by atoms with E-state index >= 15 is 0 Å². The number of fused-ring (bicyclic) bond motifs is 1. The van der Waals surface area contributed by atoms with E-state index in [0.29, 0.717) is 5.56 Å². The number of amides is 1. The van der Waals surface area contributed by atoms with Crippen molar-refractivity contribution in [1.29, 1.82) is 0 Å². The maximum atomic E-state index is 13.8. The van der Waals surface area contributed by atoms with Crippen molar-refractivity contribution in [2.24, 2.45) is 0 Å². The second-order valence-electron chi connectivity index (χ2n) is 8.57. The predicted molar refractivity (Wildman–Crippen MR) is 131 cm³/mol. The van der Waals surface area contributed by atoms with Crippen LogP contribution in [-0.4, -0.2) is 38.7 Å². The molecule has 1 N–H and O–H groups in total. The molecule has 1 amide bonds. The Balaban J connectivity index is 2.04. The largest absolute Gasteiger partial charge is 0.461 e. The number of unbranched alkanes of at least 4 members (excludes halogenated alkanes) is 2. The van der Waals surface area contributed by atoms with Crippen molar-refractivity contribution in [2.75, 3.05) is 6.61 Å². The molecule has 3 rings (SSSR count). The number of nitrogens with zero attached hydrogens (tertiary/aromatic N) is 3. The number of hydrogen-bond donors (Lipinski definition) is 1. The number of aromatic nitrogens is 3. The smallest absolute Gasteiger partial charge is 0.358 e. The van der Waals surface area contributed by atoms with Crippen molar-refractivity contribution in [3.63, 3.8) is 0 Å². The maximum Gasteiger partial charge on any atom is 0.358 e. The lowest BCUT2D eigenvalue weighted by Gasteiger charge is -2.20. The number of ether oxygens (including phenoxy) is 1. The van der Waals surface area contributed by atoms with Crippen LogP contribution < -0.4 is 10.9 Å². The van der Waals surface area contributed by atoms with Crippen LogP contribution >= 0.6 is 0 Å². The molecule has 0 fully saturated rings. The van der Waals surface area contributed by atoms with E-state index in [-0.39, 0.29) is 36.1 Å². The summed E-state index contributed by atoms with van der Waals surface area (Å²) in [5.74, 6) is -1.50. The molecular formula is C26H33FN4O4. The Labute approximate surface area is 204 Å². The Morgan fingerprint density at radius 3 is 2.60 bits per heavy atom. The first-order chi connectivity index (χ1) is 16.9. The molecule has 3 aromatic rings. The fourth-order valence-electron chi connectivity index (χ4n) is 4.08. The molecule has 2 heterocycles. The summed E-state index contributed by atoms with van der Waals surface area (Å²) < 4.78 is 21.3. The number of carbonyl (C=O) groups excluding carboxylic acids is 2. The van der Waals surface area contributed by atoms with E-state index in [1.807, 2.05) is 0 Å². The summed E-state index contributed by atoms with van der Waals surface area (Å²) in [7, 11) is 0. The van der Waals surface area contributed by atoms with Crippen LogP contribution in [0.25, 0.3) is 5.52 Å². The topological polar surface area (TPSA) is 94.7 Å². The normalized spacial score (nSPS) is 12.0. The van der Waals surface area contributed by atoms with Gasteiger partial charge in [-0.15, -0.1) is 0 Å². The van der Waals surface area contributed by atoms with Gasteiger partial charge in [-0.2, -0.15) is 5.10 Å². The van der Waals surface area contributed by atoms with Crippen LogP contribution in [0.5, 0.6) is 0 Å². The number of carbonyl (C=O) groups is 2. The Morgan fingerprint density at radius 1 is 1.11 bits per heavy atom. The van der Waals surface area contributed by atoms with Crippen LogP contribution in [0.3, 0.4) is 0 Å². The van der Waals surface area contributed by atoms with E-state index in [1.165, 1.54) is 33.5 Å². The highest BCUT2D eigenvalue weighted by Gasteiger charge is 2.22. The van der Waals surface area contributed by atoms with E-state index in [2.05, 4.69) is 24.3 Å². The first-order valence-corrected chi connectivity index (χ1v) is 12.2. The van der Waals surface area contributed by atoms with Crippen LogP contribution in [0.15, 0.2) is 41.3 Å². The summed E-state index contributed by atoms with van der Waals surface area (Å²) in [5.41, 5.74) is 0.199. The molecule has 188 valence electrons. The molecule has 0 spiro atoms. The van der Waals surface area contributed by atoms with Crippen LogP contribution in [0.1, 0.15) is 85.8 Å². The van der Waals surface area contributed by atoms with Gasteiger partial charge in [-0.25, -0.2) is 13.7 Å². The van der Waals surface area contributed by atoms with Gasteiger partial charge >= 0.3 is 5.97 Å². The second-order valence-corrected chi connectivity index (χ2v) is 8.57. The van der Waals surface area contributed by atoms with Crippen LogP contribution in [0, 0.1) is 5.82 Å². The molecule has 35 heavy (non-hydrogen) atoms. The number of esters is 1. The average molecular weight is 485 g/mol. The third-order valence-corrected chi connectivity index (χ3v) is 5.81. The third-order valence-electron chi connectivity index (χ3n) is 5.81. The lowest BCUT2D eigenvalue weighted by molar-refractivity contribution is 0.0519. The van der Waals surface area contributed by atoms with Gasteiger partial charge in [-0.1, -0.05) is 51.7 Å². The zero-order valence-corrected chi connectivity index (χ0v) is 20.6. The highest BCUT2D eigenvalue weighted by atomic mass is 19.1. The number of rotatable bonds is 12. The number of nitrogens with one attached hydrogen (secondary N) is 1. The molecule has 1 unspecified atom stereocenters. The molecule has 0 bridgehead atoms. The monoisotopic (exact) mass is 484 g/mol. The van der Waals surface area contributed by atoms with E-state index in [4.69, 9.17) is 4.74 Å². The fourth-order valence-corrected chi connectivity index (χ4v) is 4.08. The van der Waals surface area contributed by atoms with E-state index in [0.717, 1.165) is 38.5 Å². The van der Waals surface area contributed by atoms with E-state index < -0.39 is 23.3 Å². The van der Waals surface area contributed by atoms with Gasteiger partial charge in [0.25, 0.3) is 11.5 Å². The summed E-state index contributed by atoms with van der Waals surface area (Å²) >= 11 is 0. The number of halogens is 1. The van der Waals surface area contributed by atoms with E-state index in [1.54, 1.807) is 19.1 Å². The predicted octanol–water partition coefficient (Wildman–Crippen LogP) is 4.34. The van der Waals surface area contributed by atoms with Crippen LogP contribution in [-0.2, 0) is 11.3 Å². The molecule has 9 heteroatoms. The highest BCUT2D eigenvalue weighted by molar-refractivity contribution is 5.93. The number of benzene rings is 1. The Morgan fingerprint density at radius 2 is 1.91 bits per heavy atom. The minimum Gasteiger partial charge on any atom is -0.461 e. The molecular weight excluding hydrogens is 451 g/mol.